The van der Waals surface area contributed by atoms with Crippen molar-refractivity contribution in [2.24, 2.45) is 5.73 Å². The Kier molecular flexibility index (Phi) is 8.46. The van der Waals surface area contributed by atoms with Gasteiger partial charge in [-0.15, -0.1) is 0 Å². The summed E-state index contributed by atoms with van der Waals surface area (Å²) in [5.74, 6) is 0. The van der Waals surface area contributed by atoms with Gasteiger partial charge in [0.1, 0.15) is 17.7 Å². The molecule has 4 heteroatoms. The Morgan fingerprint density at radius 3 is 2.24 bits per heavy atom. The van der Waals surface area contributed by atoms with Crippen LogP contribution in [0.3, 0.4) is 0 Å². The van der Waals surface area contributed by atoms with Crippen molar-refractivity contribution in [3.8, 4) is 12.1 Å². The van der Waals surface area contributed by atoms with Crippen LogP contribution in [0, 0.1) is 29.6 Å². The molecule has 0 saturated carbocycles. The molecule has 2 aromatic rings. The molecule has 2 atom stereocenters. The summed E-state index contributed by atoms with van der Waals surface area (Å²) in [6.45, 7) is 6.35. The molecule has 0 heterocycles. The van der Waals surface area contributed by atoms with Crippen LogP contribution in [0.25, 0.3) is 6.08 Å². The molecule has 29 heavy (non-hydrogen) atoms. The Morgan fingerprint density at radius 2 is 1.69 bits per heavy atom. The van der Waals surface area contributed by atoms with Crippen LogP contribution in [0.15, 0.2) is 54.1 Å². The van der Waals surface area contributed by atoms with Crippen LogP contribution >= 0.6 is 0 Å². The first-order chi connectivity index (χ1) is 14.0. The lowest BCUT2D eigenvalue weighted by molar-refractivity contribution is 0.471. The first kappa shape index (κ1) is 22.2. The molecule has 2 N–H and O–H groups in total. The van der Waals surface area contributed by atoms with E-state index in [1.807, 2.05) is 37.3 Å². The second-order valence-corrected chi connectivity index (χ2v) is 7.30. The molecule has 0 amide bonds. The van der Waals surface area contributed by atoms with Crippen molar-refractivity contribution in [2.75, 3.05) is 4.90 Å². The lowest BCUT2D eigenvalue weighted by Gasteiger charge is -2.39. The van der Waals surface area contributed by atoms with Crippen LogP contribution < -0.4 is 10.6 Å². The second-order valence-electron chi connectivity index (χ2n) is 7.30. The highest BCUT2D eigenvalue weighted by Crippen LogP contribution is 2.34. The van der Waals surface area contributed by atoms with Gasteiger partial charge in [0.25, 0.3) is 0 Å². The SMILES string of the molecule is CCCC(N)N(c1ccc(C=C(C#N)C#N)c(C)c1)C(CCC)c1ccccc1. The van der Waals surface area contributed by atoms with Crippen molar-refractivity contribution in [2.45, 2.75) is 58.7 Å². The molecule has 0 aliphatic rings. The summed E-state index contributed by atoms with van der Waals surface area (Å²) in [6.07, 6.45) is 5.53. The largest absolute Gasteiger partial charge is 0.349 e. The van der Waals surface area contributed by atoms with Crippen LogP contribution in [-0.2, 0) is 0 Å². The topological polar surface area (TPSA) is 76.8 Å². The number of nitrogens with two attached hydrogens (primary N) is 1. The van der Waals surface area contributed by atoms with Crippen molar-refractivity contribution >= 4 is 11.8 Å². The van der Waals surface area contributed by atoms with Crippen LogP contribution in [0.1, 0.15) is 62.3 Å². The van der Waals surface area contributed by atoms with Crippen LogP contribution in [0.2, 0.25) is 0 Å². The number of anilines is 1. The van der Waals surface area contributed by atoms with Gasteiger partial charge in [0.15, 0.2) is 0 Å². The van der Waals surface area contributed by atoms with Gasteiger partial charge < -0.3 is 10.6 Å². The van der Waals surface area contributed by atoms with Crippen molar-refractivity contribution in [3.63, 3.8) is 0 Å². The standard InChI is InChI=1S/C25H30N4/c1-4-9-24(21-11-7-6-8-12-21)29(25(28)10-5-2)23-14-13-22(19(3)15-23)16-20(17-26)18-27/h6-8,11-16,24-25H,4-5,9-10,28H2,1-3H3. The van der Waals surface area contributed by atoms with Crippen molar-refractivity contribution in [1.82, 2.24) is 0 Å². The smallest absolute Gasteiger partial charge is 0.130 e. The molecule has 0 aromatic heterocycles. The number of benzene rings is 2. The number of hydrogen-bond donors (Lipinski definition) is 1. The average molecular weight is 387 g/mol. The number of nitriles is 2. The number of hydrogen-bond acceptors (Lipinski definition) is 4. The van der Waals surface area contributed by atoms with Gasteiger partial charge in [-0.3, -0.25) is 0 Å². The molecule has 4 nitrogen and oxygen atoms in total. The molecule has 0 bridgehead atoms. The molecule has 150 valence electrons. The molecular weight excluding hydrogens is 356 g/mol. The van der Waals surface area contributed by atoms with E-state index in [2.05, 4.69) is 49.1 Å². The minimum Gasteiger partial charge on any atom is -0.349 e. The lowest BCUT2D eigenvalue weighted by Crippen LogP contribution is -2.44. The Morgan fingerprint density at radius 1 is 1.03 bits per heavy atom. The van der Waals surface area contributed by atoms with Gasteiger partial charge in [0, 0.05) is 5.69 Å². The Labute approximate surface area is 174 Å². The van der Waals surface area contributed by atoms with Crippen LogP contribution in [-0.4, -0.2) is 6.17 Å². The summed E-state index contributed by atoms with van der Waals surface area (Å²) in [7, 11) is 0. The van der Waals surface area contributed by atoms with Crippen molar-refractivity contribution in [1.29, 1.82) is 10.5 Å². The first-order valence-corrected chi connectivity index (χ1v) is 10.3. The van der Waals surface area contributed by atoms with Gasteiger partial charge in [-0.25, -0.2) is 0 Å². The van der Waals surface area contributed by atoms with Gasteiger partial charge in [-0.2, -0.15) is 10.5 Å². The lowest BCUT2D eigenvalue weighted by atomic mass is 9.97. The van der Waals surface area contributed by atoms with Gasteiger partial charge in [0.2, 0.25) is 0 Å². The maximum Gasteiger partial charge on any atom is 0.130 e. The maximum absolute atomic E-state index is 9.05. The monoisotopic (exact) mass is 386 g/mol. The highest BCUT2D eigenvalue weighted by molar-refractivity contribution is 5.67. The van der Waals surface area contributed by atoms with Gasteiger partial charge >= 0.3 is 0 Å². The number of aryl methyl sites for hydroxylation is 1. The maximum atomic E-state index is 9.05. The summed E-state index contributed by atoms with van der Waals surface area (Å²) in [4.78, 5) is 2.33. The predicted octanol–water partition coefficient (Wildman–Crippen LogP) is 5.86. The highest BCUT2D eigenvalue weighted by Gasteiger charge is 2.25. The third-order valence-corrected chi connectivity index (χ3v) is 5.12. The molecule has 0 radical (unpaired) electrons. The molecule has 0 saturated heterocycles. The molecular formula is C25H30N4. The zero-order chi connectivity index (χ0) is 21.2. The van der Waals surface area contributed by atoms with E-state index in [0.717, 1.165) is 42.5 Å². The molecule has 0 fully saturated rings. The minimum atomic E-state index is -0.0914. The molecule has 2 unspecified atom stereocenters. The third kappa shape index (κ3) is 5.70. The second kappa shape index (κ2) is 11.1. The van der Waals surface area contributed by atoms with Crippen molar-refractivity contribution in [3.05, 3.63) is 70.8 Å². The van der Waals surface area contributed by atoms with Crippen LogP contribution in [0.5, 0.6) is 0 Å². The van der Waals surface area contributed by atoms with Gasteiger partial charge in [-0.1, -0.05) is 63.1 Å². The van der Waals surface area contributed by atoms with Gasteiger partial charge in [-0.05, 0) is 54.7 Å². The molecule has 0 aliphatic carbocycles. The molecule has 0 aliphatic heterocycles. The summed E-state index contributed by atoms with van der Waals surface area (Å²) in [5.41, 5.74) is 11.0. The van der Waals surface area contributed by atoms with E-state index in [4.69, 9.17) is 16.3 Å². The molecule has 2 rings (SSSR count). The number of nitrogens with zero attached hydrogens (tertiary/aromatic N) is 3. The van der Waals surface area contributed by atoms with Crippen molar-refractivity contribution < 1.29 is 0 Å². The van der Waals surface area contributed by atoms with E-state index in [1.54, 1.807) is 6.08 Å². The van der Waals surface area contributed by atoms with E-state index in [-0.39, 0.29) is 17.8 Å². The number of allylic oxidation sites excluding steroid dienone is 1. The van der Waals surface area contributed by atoms with Crippen LogP contribution in [0.4, 0.5) is 5.69 Å². The zero-order valence-electron chi connectivity index (χ0n) is 17.6. The Hall–Kier alpha value is -3.08. The summed E-state index contributed by atoms with van der Waals surface area (Å²) in [6, 6.07) is 20.7. The normalized spacial score (nSPS) is 12.3. The van der Waals surface area contributed by atoms with E-state index in [1.165, 1.54) is 5.56 Å². The summed E-state index contributed by atoms with van der Waals surface area (Å²) in [5, 5.41) is 18.1. The van der Waals surface area contributed by atoms with E-state index in [9.17, 15) is 0 Å². The summed E-state index contributed by atoms with van der Waals surface area (Å²) < 4.78 is 0. The molecule has 2 aromatic carbocycles. The minimum absolute atomic E-state index is 0.0914. The Balaban J connectivity index is 2.52. The van der Waals surface area contributed by atoms with Gasteiger partial charge in [0.05, 0.1) is 12.2 Å². The first-order valence-electron chi connectivity index (χ1n) is 10.3. The Bertz CT molecular complexity index is 887. The fraction of sp³-hybridized carbons (Fsp3) is 0.360. The highest BCUT2D eigenvalue weighted by atomic mass is 15.2. The van der Waals surface area contributed by atoms with E-state index in [0.29, 0.717) is 0 Å². The quantitative estimate of drug-likeness (QED) is 0.432. The molecule has 0 spiro atoms. The predicted molar refractivity (Wildman–Crippen MR) is 120 cm³/mol. The fourth-order valence-corrected chi connectivity index (χ4v) is 3.68. The number of rotatable bonds is 9. The zero-order valence-corrected chi connectivity index (χ0v) is 17.6. The van der Waals surface area contributed by atoms with E-state index < -0.39 is 0 Å². The summed E-state index contributed by atoms with van der Waals surface area (Å²) >= 11 is 0. The average Bonchev–Trinajstić information content (AvgIpc) is 2.73. The fourth-order valence-electron chi connectivity index (χ4n) is 3.68. The van der Waals surface area contributed by atoms with E-state index >= 15 is 0 Å². The third-order valence-electron chi connectivity index (χ3n) is 5.12.